The number of benzene rings is 2. The van der Waals surface area contributed by atoms with E-state index in [0.717, 1.165) is 27.2 Å². The van der Waals surface area contributed by atoms with E-state index in [-0.39, 0.29) is 0 Å². The molecule has 140 valence electrons. The Morgan fingerprint density at radius 1 is 0.857 bits per heavy atom. The van der Waals surface area contributed by atoms with E-state index in [9.17, 15) is 0 Å². The summed E-state index contributed by atoms with van der Waals surface area (Å²) in [5.41, 5.74) is 5.41. The minimum atomic E-state index is 0.722. The van der Waals surface area contributed by atoms with Gasteiger partial charge in [0.15, 0.2) is 0 Å². The molecule has 0 amide bonds. The summed E-state index contributed by atoms with van der Waals surface area (Å²) in [5, 5.41) is 13.2. The third-order valence-corrected chi connectivity index (χ3v) is 4.11. The lowest BCUT2D eigenvalue weighted by atomic mass is 10.1. The number of para-hydroxylation sites is 1. The molecule has 0 aliphatic heterocycles. The average molecular weight is 370 g/mol. The van der Waals surface area contributed by atoms with Crippen LogP contribution in [0.2, 0.25) is 0 Å². The van der Waals surface area contributed by atoms with Crippen LogP contribution >= 0.6 is 0 Å². The van der Waals surface area contributed by atoms with Gasteiger partial charge < -0.3 is 4.98 Å². The number of aromatic amines is 2. The van der Waals surface area contributed by atoms with Gasteiger partial charge in [0.2, 0.25) is 0 Å². The number of H-pyrrole nitrogens is 2. The molecule has 0 radical (unpaired) electrons. The van der Waals surface area contributed by atoms with Crippen LogP contribution in [0.3, 0.4) is 0 Å². The summed E-state index contributed by atoms with van der Waals surface area (Å²) >= 11 is 0. The molecule has 5 rings (SSSR count). The first-order valence-corrected chi connectivity index (χ1v) is 8.79. The molecule has 0 saturated carbocycles. The second-order valence-corrected chi connectivity index (χ2v) is 6.29. The molecule has 2 N–H and O–H groups in total. The van der Waals surface area contributed by atoms with Crippen molar-refractivity contribution in [1.82, 2.24) is 30.4 Å². The highest BCUT2D eigenvalue weighted by Gasteiger charge is 1.95. The van der Waals surface area contributed by atoms with E-state index in [2.05, 4.69) is 74.7 Å². The SMILES string of the molecule is C=c1nc[nH]c1=C.Cc1ccc2n[nH]nc2c1.Cc1cccc2cccnc12. The zero-order chi connectivity index (χ0) is 19.9. The largest absolute Gasteiger partial charge is 0.345 e. The molecule has 0 atom stereocenters. The standard InChI is InChI=1S/C10H9N.C7H7N3.C5H6N2/c1-8-4-2-5-9-6-3-7-11-10(8)9;1-5-2-3-6-7(4-5)9-10-8-6;1-4-5(2)7-3-6-4/h2-7H,1H3;2-4H,1H3,(H,8,9,10);3H,1-2H2,(H,6,7). The van der Waals surface area contributed by atoms with Crippen molar-refractivity contribution in [3.05, 3.63) is 82.9 Å². The predicted octanol–water partition coefficient (Wildman–Crippen LogP) is 3.04. The monoisotopic (exact) mass is 370 g/mol. The van der Waals surface area contributed by atoms with Crippen LogP contribution in [0.15, 0.2) is 61.1 Å². The lowest BCUT2D eigenvalue weighted by Crippen LogP contribution is -2.19. The Morgan fingerprint density at radius 2 is 1.64 bits per heavy atom. The third-order valence-electron chi connectivity index (χ3n) is 4.11. The van der Waals surface area contributed by atoms with Gasteiger partial charge in [0.05, 0.1) is 22.5 Å². The molecule has 0 aliphatic carbocycles. The second kappa shape index (κ2) is 8.73. The zero-order valence-corrected chi connectivity index (χ0v) is 16.0. The summed E-state index contributed by atoms with van der Waals surface area (Å²) in [6, 6.07) is 16.2. The molecular formula is C22H22N6. The van der Waals surface area contributed by atoms with Crippen molar-refractivity contribution < 1.29 is 0 Å². The Hall–Kier alpha value is -3.80. The summed E-state index contributed by atoms with van der Waals surface area (Å²) in [6.07, 6.45) is 3.40. The van der Waals surface area contributed by atoms with Gasteiger partial charge in [0.25, 0.3) is 0 Å². The summed E-state index contributed by atoms with van der Waals surface area (Å²) in [5.74, 6) is 0. The highest BCUT2D eigenvalue weighted by Crippen LogP contribution is 2.13. The molecule has 6 heteroatoms. The number of imidazole rings is 1. The van der Waals surface area contributed by atoms with E-state index >= 15 is 0 Å². The summed E-state index contributed by atoms with van der Waals surface area (Å²) in [4.78, 5) is 10.9. The highest BCUT2D eigenvalue weighted by molar-refractivity contribution is 5.81. The number of hydrogen-bond donors (Lipinski definition) is 2. The van der Waals surface area contributed by atoms with Gasteiger partial charge in [-0.15, -0.1) is 0 Å². The van der Waals surface area contributed by atoms with Crippen LogP contribution in [0.1, 0.15) is 11.1 Å². The molecule has 6 nitrogen and oxygen atoms in total. The van der Waals surface area contributed by atoms with E-state index in [1.54, 1.807) is 6.33 Å². The molecule has 0 fully saturated rings. The summed E-state index contributed by atoms with van der Waals surface area (Å²) in [7, 11) is 0. The van der Waals surface area contributed by atoms with Gasteiger partial charge >= 0.3 is 0 Å². The van der Waals surface area contributed by atoms with Gasteiger partial charge in [-0.3, -0.25) is 4.98 Å². The topological polar surface area (TPSA) is 83.1 Å². The van der Waals surface area contributed by atoms with Crippen LogP contribution in [-0.2, 0) is 0 Å². The molecule has 2 aromatic carbocycles. The number of rotatable bonds is 0. The van der Waals surface area contributed by atoms with E-state index < -0.39 is 0 Å². The third kappa shape index (κ3) is 4.67. The first kappa shape index (κ1) is 19.0. The molecule has 0 unspecified atom stereocenters. The van der Waals surface area contributed by atoms with Crippen LogP contribution in [0.4, 0.5) is 0 Å². The zero-order valence-electron chi connectivity index (χ0n) is 16.0. The van der Waals surface area contributed by atoms with Crippen molar-refractivity contribution in [2.45, 2.75) is 13.8 Å². The first-order valence-electron chi connectivity index (χ1n) is 8.79. The molecule has 5 aromatic rings. The van der Waals surface area contributed by atoms with Gasteiger partial charge in [-0.2, -0.15) is 15.4 Å². The van der Waals surface area contributed by atoms with Crippen LogP contribution in [0.25, 0.3) is 35.1 Å². The summed E-state index contributed by atoms with van der Waals surface area (Å²) < 4.78 is 0. The maximum atomic E-state index is 4.28. The second-order valence-electron chi connectivity index (χ2n) is 6.29. The van der Waals surface area contributed by atoms with Gasteiger partial charge in [-0.05, 0) is 43.2 Å². The van der Waals surface area contributed by atoms with Crippen LogP contribution in [0.5, 0.6) is 0 Å². The average Bonchev–Trinajstić information content (AvgIpc) is 3.31. The van der Waals surface area contributed by atoms with Gasteiger partial charge in [-0.25, -0.2) is 4.98 Å². The number of aryl methyl sites for hydroxylation is 2. The number of nitrogens with one attached hydrogen (secondary N) is 2. The maximum Gasteiger partial charge on any atom is 0.113 e. The van der Waals surface area contributed by atoms with Crippen LogP contribution in [0, 0.1) is 13.8 Å². The van der Waals surface area contributed by atoms with Gasteiger partial charge in [-0.1, -0.05) is 43.5 Å². The van der Waals surface area contributed by atoms with Crippen molar-refractivity contribution in [3.63, 3.8) is 0 Å². The Bertz CT molecular complexity index is 1260. The smallest absolute Gasteiger partial charge is 0.113 e. The van der Waals surface area contributed by atoms with Crippen LogP contribution in [-0.4, -0.2) is 30.4 Å². The number of pyridine rings is 1. The number of hydrogen-bond acceptors (Lipinski definition) is 4. The quantitative estimate of drug-likeness (QED) is 0.439. The number of fused-ring (bicyclic) bond motifs is 2. The number of nitrogens with zero attached hydrogens (tertiary/aromatic N) is 4. The maximum absolute atomic E-state index is 4.28. The molecular weight excluding hydrogens is 348 g/mol. The molecule has 0 spiro atoms. The van der Waals surface area contributed by atoms with Gasteiger partial charge in [0, 0.05) is 11.6 Å². The Balaban J connectivity index is 0.000000124. The molecule has 3 heterocycles. The Morgan fingerprint density at radius 3 is 2.32 bits per heavy atom. The van der Waals surface area contributed by atoms with E-state index in [0.29, 0.717) is 0 Å². The predicted molar refractivity (Wildman–Crippen MR) is 114 cm³/mol. The summed E-state index contributed by atoms with van der Waals surface area (Å²) in [6.45, 7) is 11.3. The lowest BCUT2D eigenvalue weighted by molar-refractivity contribution is 0.959. The van der Waals surface area contributed by atoms with Gasteiger partial charge in [0.1, 0.15) is 11.0 Å². The fourth-order valence-electron chi connectivity index (χ4n) is 2.56. The van der Waals surface area contributed by atoms with Crippen molar-refractivity contribution in [1.29, 1.82) is 0 Å². The van der Waals surface area contributed by atoms with Crippen molar-refractivity contribution in [3.8, 4) is 0 Å². The first-order chi connectivity index (χ1) is 13.5. The van der Waals surface area contributed by atoms with Crippen LogP contribution < -0.4 is 10.7 Å². The van der Waals surface area contributed by atoms with E-state index in [1.807, 2.05) is 37.4 Å². The normalized spacial score (nSPS) is 10.1. The Kier molecular flexibility index (Phi) is 5.91. The molecule has 28 heavy (non-hydrogen) atoms. The fourth-order valence-corrected chi connectivity index (χ4v) is 2.56. The molecule has 0 saturated heterocycles. The molecule has 0 bridgehead atoms. The highest BCUT2D eigenvalue weighted by atomic mass is 15.3. The molecule has 0 aliphatic rings. The van der Waals surface area contributed by atoms with Crippen molar-refractivity contribution >= 4 is 35.1 Å². The lowest BCUT2D eigenvalue weighted by Gasteiger charge is -1.97. The number of aromatic nitrogens is 6. The molecule has 3 aromatic heterocycles. The Labute approximate surface area is 162 Å². The fraction of sp³-hybridized carbons (Fsp3) is 0.0909. The minimum Gasteiger partial charge on any atom is -0.345 e. The van der Waals surface area contributed by atoms with Crippen molar-refractivity contribution in [2.75, 3.05) is 0 Å². The van der Waals surface area contributed by atoms with Crippen molar-refractivity contribution in [2.24, 2.45) is 0 Å². The van der Waals surface area contributed by atoms with E-state index in [4.69, 9.17) is 0 Å². The van der Waals surface area contributed by atoms with E-state index in [1.165, 1.54) is 16.5 Å². The minimum absolute atomic E-state index is 0.722.